The lowest BCUT2D eigenvalue weighted by Gasteiger charge is -2.45. The van der Waals surface area contributed by atoms with E-state index in [9.17, 15) is 5.11 Å². The average molecular weight is 185 g/mol. The minimum Gasteiger partial charge on any atom is -0.392 e. The maximum atomic E-state index is 9.67. The number of nitrogens with zero attached hydrogens (tertiary/aromatic N) is 1. The summed E-state index contributed by atoms with van der Waals surface area (Å²) in [6.45, 7) is 9.74. The van der Waals surface area contributed by atoms with E-state index in [4.69, 9.17) is 0 Å². The summed E-state index contributed by atoms with van der Waals surface area (Å²) < 4.78 is 0. The molecule has 0 saturated carbocycles. The molecule has 1 aliphatic heterocycles. The molecule has 1 rings (SSSR count). The summed E-state index contributed by atoms with van der Waals surface area (Å²) in [5, 5.41) is 9.67. The van der Waals surface area contributed by atoms with Gasteiger partial charge in [0, 0.05) is 11.6 Å². The third-order valence-corrected chi connectivity index (χ3v) is 2.97. The van der Waals surface area contributed by atoms with E-state index in [0.29, 0.717) is 6.04 Å². The second kappa shape index (κ2) is 3.97. The number of rotatable bonds is 1. The number of hydrogen-bond donors (Lipinski definition) is 1. The Morgan fingerprint density at radius 1 is 1.31 bits per heavy atom. The van der Waals surface area contributed by atoms with Crippen LogP contribution in [0.4, 0.5) is 0 Å². The number of hydrogen-bond acceptors (Lipinski definition) is 2. The monoisotopic (exact) mass is 185 g/mol. The fraction of sp³-hybridized carbons (Fsp3) is 1.00. The Hall–Kier alpha value is -0.0800. The van der Waals surface area contributed by atoms with Crippen LogP contribution in [0.2, 0.25) is 0 Å². The van der Waals surface area contributed by atoms with Crippen LogP contribution < -0.4 is 0 Å². The summed E-state index contributed by atoms with van der Waals surface area (Å²) in [4.78, 5) is 2.45. The molecule has 0 aromatic carbocycles. The zero-order chi connectivity index (χ0) is 10.1. The van der Waals surface area contributed by atoms with Gasteiger partial charge in [-0.3, -0.25) is 4.90 Å². The van der Waals surface area contributed by atoms with Gasteiger partial charge in [-0.1, -0.05) is 6.42 Å². The van der Waals surface area contributed by atoms with Crippen LogP contribution in [0.1, 0.15) is 47.0 Å². The molecule has 2 heteroatoms. The van der Waals surface area contributed by atoms with E-state index in [1.807, 2.05) is 6.92 Å². The molecule has 0 spiro atoms. The molecule has 1 saturated heterocycles. The van der Waals surface area contributed by atoms with Gasteiger partial charge in [0.1, 0.15) is 0 Å². The second-order valence-electron chi connectivity index (χ2n) is 5.17. The first-order valence-corrected chi connectivity index (χ1v) is 5.38. The van der Waals surface area contributed by atoms with E-state index >= 15 is 0 Å². The van der Waals surface area contributed by atoms with E-state index in [0.717, 1.165) is 13.0 Å². The zero-order valence-corrected chi connectivity index (χ0v) is 9.38. The molecule has 2 unspecified atom stereocenters. The fourth-order valence-electron chi connectivity index (χ4n) is 2.29. The van der Waals surface area contributed by atoms with Crippen LogP contribution in [-0.4, -0.2) is 34.2 Å². The van der Waals surface area contributed by atoms with Crippen LogP contribution in [0.5, 0.6) is 0 Å². The molecule has 1 fully saturated rings. The summed E-state index contributed by atoms with van der Waals surface area (Å²) >= 11 is 0. The Morgan fingerprint density at radius 2 is 1.92 bits per heavy atom. The summed E-state index contributed by atoms with van der Waals surface area (Å²) in [7, 11) is 0. The van der Waals surface area contributed by atoms with Crippen molar-refractivity contribution in [1.82, 2.24) is 4.90 Å². The van der Waals surface area contributed by atoms with Gasteiger partial charge in [-0.2, -0.15) is 0 Å². The topological polar surface area (TPSA) is 23.5 Å². The third-order valence-electron chi connectivity index (χ3n) is 2.97. The summed E-state index contributed by atoms with van der Waals surface area (Å²) in [5.41, 5.74) is 0.197. The minimum absolute atomic E-state index is 0.195. The molecular formula is C11H23NO. The molecule has 0 bridgehead atoms. The summed E-state index contributed by atoms with van der Waals surface area (Å²) in [6.07, 6.45) is 3.50. The molecule has 13 heavy (non-hydrogen) atoms. The van der Waals surface area contributed by atoms with E-state index in [-0.39, 0.29) is 11.6 Å². The minimum atomic E-state index is -0.195. The van der Waals surface area contributed by atoms with Gasteiger partial charge in [-0.05, 0) is 47.1 Å². The van der Waals surface area contributed by atoms with Gasteiger partial charge in [0.05, 0.1) is 6.10 Å². The highest BCUT2D eigenvalue weighted by molar-refractivity contribution is 4.88. The predicted molar refractivity (Wildman–Crippen MR) is 55.8 cm³/mol. The van der Waals surface area contributed by atoms with Crippen molar-refractivity contribution < 1.29 is 5.11 Å². The van der Waals surface area contributed by atoms with Gasteiger partial charge < -0.3 is 5.11 Å². The summed E-state index contributed by atoms with van der Waals surface area (Å²) in [6, 6.07) is 0.369. The molecule has 78 valence electrons. The second-order valence-corrected chi connectivity index (χ2v) is 5.17. The van der Waals surface area contributed by atoms with Crippen molar-refractivity contribution in [2.75, 3.05) is 6.54 Å². The van der Waals surface area contributed by atoms with Crippen LogP contribution in [0.15, 0.2) is 0 Å². The predicted octanol–water partition coefficient (Wildman–Crippen LogP) is 2.02. The highest BCUT2D eigenvalue weighted by Gasteiger charge is 2.33. The molecule has 0 radical (unpaired) electrons. The zero-order valence-electron chi connectivity index (χ0n) is 9.38. The van der Waals surface area contributed by atoms with Crippen molar-refractivity contribution in [1.29, 1.82) is 0 Å². The maximum Gasteiger partial charge on any atom is 0.0667 e. The molecule has 0 aromatic rings. The first-order chi connectivity index (χ1) is 5.93. The SMILES string of the molecule is CC(O)C1CCCCN1C(C)(C)C. The molecule has 2 nitrogen and oxygen atoms in total. The van der Waals surface area contributed by atoms with Gasteiger partial charge in [-0.15, -0.1) is 0 Å². The first-order valence-electron chi connectivity index (χ1n) is 5.38. The molecule has 1 N–H and O–H groups in total. The Morgan fingerprint density at radius 3 is 2.31 bits per heavy atom. The van der Waals surface area contributed by atoms with Crippen LogP contribution >= 0.6 is 0 Å². The highest BCUT2D eigenvalue weighted by Crippen LogP contribution is 2.27. The molecule has 1 heterocycles. The van der Waals surface area contributed by atoms with Crippen molar-refractivity contribution in [2.24, 2.45) is 0 Å². The fourth-order valence-corrected chi connectivity index (χ4v) is 2.29. The van der Waals surface area contributed by atoms with E-state index < -0.39 is 0 Å². The van der Waals surface area contributed by atoms with Crippen LogP contribution in [0.25, 0.3) is 0 Å². The number of aliphatic hydroxyl groups is 1. The lowest BCUT2D eigenvalue weighted by Crippen LogP contribution is -2.54. The highest BCUT2D eigenvalue weighted by atomic mass is 16.3. The third kappa shape index (κ3) is 2.68. The molecular weight excluding hydrogens is 162 g/mol. The van der Waals surface area contributed by atoms with Crippen molar-refractivity contribution in [2.45, 2.75) is 64.6 Å². The normalized spacial score (nSPS) is 28.8. The van der Waals surface area contributed by atoms with Crippen LogP contribution in [0, 0.1) is 0 Å². The van der Waals surface area contributed by atoms with Gasteiger partial charge in [-0.25, -0.2) is 0 Å². The van der Waals surface area contributed by atoms with Crippen molar-refractivity contribution in [3.63, 3.8) is 0 Å². The standard InChI is InChI=1S/C11H23NO/c1-9(13)10-7-5-6-8-12(10)11(2,3)4/h9-10,13H,5-8H2,1-4H3. The van der Waals surface area contributed by atoms with Crippen molar-refractivity contribution >= 4 is 0 Å². The van der Waals surface area contributed by atoms with Gasteiger partial charge >= 0.3 is 0 Å². The van der Waals surface area contributed by atoms with Gasteiger partial charge in [0.2, 0.25) is 0 Å². The lowest BCUT2D eigenvalue weighted by molar-refractivity contribution is -0.0156. The first kappa shape index (κ1) is 11.0. The maximum absolute atomic E-state index is 9.67. The average Bonchev–Trinajstić information content (AvgIpc) is 2.03. The van der Waals surface area contributed by atoms with Crippen LogP contribution in [-0.2, 0) is 0 Å². The van der Waals surface area contributed by atoms with E-state index in [2.05, 4.69) is 25.7 Å². The van der Waals surface area contributed by atoms with E-state index in [1.165, 1.54) is 12.8 Å². The number of likely N-dealkylation sites (tertiary alicyclic amines) is 1. The Labute approximate surface area is 81.9 Å². The van der Waals surface area contributed by atoms with Crippen molar-refractivity contribution in [3.05, 3.63) is 0 Å². The Bertz CT molecular complexity index is 160. The van der Waals surface area contributed by atoms with Gasteiger partial charge in [0.25, 0.3) is 0 Å². The number of aliphatic hydroxyl groups excluding tert-OH is 1. The molecule has 2 atom stereocenters. The van der Waals surface area contributed by atoms with Gasteiger partial charge in [0.15, 0.2) is 0 Å². The Kier molecular flexibility index (Phi) is 3.36. The lowest BCUT2D eigenvalue weighted by atomic mass is 9.92. The quantitative estimate of drug-likeness (QED) is 0.675. The largest absolute Gasteiger partial charge is 0.392 e. The smallest absolute Gasteiger partial charge is 0.0667 e. The molecule has 0 aliphatic carbocycles. The molecule has 0 amide bonds. The van der Waals surface area contributed by atoms with Crippen LogP contribution in [0.3, 0.4) is 0 Å². The van der Waals surface area contributed by atoms with E-state index in [1.54, 1.807) is 0 Å². The van der Waals surface area contributed by atoms with Crippen molar-refractivity contribution in [3.8, 4) is 0 Å². The Balaban J connectivity index is 2.67. The molecule has 0 aromatic heterocycles. The molecule has 1 aliphatic rings. The number of piperidine rings is 1. The summed E-state index contributed by atoms with van der Waals surface area (Å²) in [5.74, 6) is 0.